The zero-order valence-electron chi connectivity index (χ0n) is 18.6. The molecule has 0 aliphatic carbocycles. The third kappa shape index (κ3) is 6.14. The lowest BCUT2D eigenvalue weighted by molar-refractivity contribution is 0.0734. The molecule has 2 heterocycles. The summed E-state index contributed by atoms with van der Waals surface area (Å²) >= 11 is 7.05. The maximum atomic E-state index is 12.5. The van der Waals surface area contributed by atoms with E-state index in [1.54, 1.807) is 0 Å². The summed E-state index contributed by atoms with van der Waals surface area (Å²) in [6.07, 6.45) is 2.11. The third-order valence-corrected chi connectivity index (χ3v) is 7.14. The molecule has 0 radical (unpaired) electrons. The number of carbonyl (C=O) groups is 1. The van der Waals surface area contributed by atoms with Crippen LogP contribution < -0.4 is 5.32 Å². The van der Waals surface area contributed by atoms with E-state index in [1.165, 1.54) is 44.3 Å². The second-order valence-corrected chi connectivity index (χ2v) is 10.3. The molecule has 1 amide bonds. The minimum absolute atomic E-state index is 0. The van der Waals surface area contributed by atoms with E-state index in [9.17, 15) is 4.79 Å². The topological polar surface area (TPSA) is 32.3 Å². The number of nitrogens with zero attached hydrogens (tertiary/aromatic N) is 1. The fraction of sp³-hybridized carbons (Fsp3) is 0.321. The van der Waals surface area contributed by atoms with Crippen LogP contribution in [0.1, 0.15) is 51.2 Å². The van der Waals surface area contributed by atoms with Crippen LogP contribution in [0.4, 0.5) is 0 Å². The number of nitrogens with one attached hydrogen (secondary N) is 1. The molecule has 0 unspecified atom stereocenters. The highest BCUT2D eigenvalue weighted by Gasteiger charge is 2.22. The Morgan fingerprint density at radius 2 is 1.48 bits per heavy atom. The maximum absolute atomic E-state index is 12.5. The van der Waals surface area contributed by atoms with E-state index in [0.29, 0.717) is 6.54 Å². The molecule has 5 heteroatoms. The van der Waals surface area contributed by atoms with Gasteiger partial charge in [0.1, 0.15) is 0 Å². The average Bonchev–Trinajstić information content (AvgIpc) is 2.79. The van der Waals surface area contributed by atoms with E-state index in [4.69, 9.17) is 0 Å². The number of fused-ring (bicyclic) bond motifs is 2. The molecule has 3 nitrogen and oxygen atoms in total. The molecule has 0 bridgehead atoms. The van der Waals surface area contributed by atoms with Gasteiger partial charge in [-0.3, -0.25) is 4.79 Å². The third-order valence-electron chi connectivity index (χ3n) is 6.23. The van der Waals surface area contributed by atoms with Gasteiger partial charge in [-0.15, -0.1) is 0 Å². The molecule has 1 N–H and O–H groups in total. The summed E-state index contributed by atoms with van der Waals surface area (Å²) in [6.45, 7) is 7.96. The van der Waals surface area contributed by atoms with Crippen molar-refractivity contribution in [2.75, 3.05) is 13.1 Å². The first-order chi connectivity index (χ1) is 15.4. The predicted octanol–water partition coefficient (Wildman–Crippen LogP) is 7.00. The van der Waals surface area contributed by atoms with Crippen molar-refractivity contribution in [3.63, 3.8) is 0 Å². The Balaban J connectivity index is 0.000000202. The molecule has 33 heavy (non-hydrogen) atoms. The molecular formula is C28H32Br2N2O. The second-order valence-electron chi connectivity index (χ2n) is 8.49. The fourth-order valence-corrected chi connectivity index (χ4v) is 5.84. The van der Waals surface area contributed by atoms with Crippen molar-refractivity contribution in [3.8, 4) is 0 Å². The molecule has 0 aromatic heterocycles. The van der Waals surface area contributed by atoms with Gasteiger partial charge in [-0.1, -0.05) is 57.5 Å². The summed E-state index contributed by atoms with van der Waals surface area (Å²) in [5.74, 6) is 0.119. The van der Waals surface area contributed by atoms with E-state index in [1.807, 2.05) is 35.2 Å². The van der Waals surface area contributed by atoms with Gasteiger partial charge in [0.05, 0.1) is 0 Å². The highest BCUT2D eigenvalue weighted by atomic mass is 79.9. The van der Waals surface area contributed by atoms with Crippen LogP contribution in [-0.2, 0) is 25.9 Å². The normalized spacial score (nSPS) is 14.2. The van der Waals surface area contributed by atoms with Gasteiger partial charge in [0.2, 0.25) is 0 Å². The molecule has 0 saturated carbocycles. The molecule has 5 rings (SSSR count). The summed E-state index contributed by atoms with van der Waals surface area (Å²) in [5.41, 5.74) is 9.13. The summed E-state index contributed by atoms with van der Waals surface area (Å²) in [7, 11) is 0. The van der Waals surface area contributed by atoms with Crippen molar-refractivity contribution >= 4 is 37.8 Å². The zero-order valence-corrected chi connectivity index (χ0v) is 21.7. The number of hydrogen-bond donors (Lipinski definition) is 1. The Bertz CT molecular complexity index is 1130. The largest absolute Gasteiger partial charge is 0.334 e. The van der Waals surface area contributed by atoms with E-state index in [-0.39, 0.29) is 13.3 Å². The minimum Gasteiger partial charge on any atom is -0.334 e. The number of rotatable bonds is 1. The minimum atomic E-state index is 0. The Morgan fingerprint density at radius 3 is 2.15 bits per heavy atom. The summed E-state index contributed by atoms with van der Waals surface area (Å²) in [4.78, 5) is 14.4. The number of aryl methyl sites for hydroxylation is 2. The summed E-state index contributed by atoms with van der Waals surface area (Å²) < 4.78 is 2.28. The van der Waals surface area contributed by atoms with Gasteiger partial charge in [-0.25, -0.2) is 0 Å². The molecule has 0 fully saturated rings. The van der Waals surface area contributed by atoms with Gasteiger partial charge < -0.3 is 10.2 Å². The van der Waals surface area contributed by atoms with E-state index >= 15 is 0 Å². The van der Waals surface area contributed by atoms with Crippen LogP contribution in [0.25, 0.3) is 0 Å². The van der Waals surface area contributed by atoms with Crippen LogP contribution in [0.2, 0.25) is 0 Å². The van der Waals surface area contributed by atoms with Crippen LogP contribution in [0, 0.1) is 13.8 Å². The highest BCUT2D eigenvalue weighted by Crippen LogP contribution is 2.27. The van der Waals surface area contributed by atoms with E-state index in [0.717, 1.165) is 36.1 Å². The molecule has 0 spiro atoms. The monoisotopic (exact) mass is 570 g/mol. The van der Waals surface area contributed by atoms with E-state index < -0.39 is 0 Å². The molecule has 0 saturated heterocycles. The summed E-state index contributed by atoms with van der Waals surface area (Å²) in [6, 6.07) is 18.2. The van der Waals surface area contributed by atoms with Crippen LogP contribution in [0.15, 0.2) is 63.5 Å². The lowest BCUT2D eigenvalue weighted by Crippen LogP contribution is -2.36. The smallest absolute Gasteiger partial charge is 0.254 e. The highest BCUT2D eigenvalue weighted by molar-refractivity contribution is 9.10. The molecule has 2 aliphatic heterocycles. The van der Waals surface area contributed by atoms with Crippen molar-refractivity contribution in [2.45, 2.75) is 47.2 Å². The van der Waals surface area contributed by atoms with Gasteiger partial charge in [0.15, 0.2) is 0 Å². The standard InChI is InChI=1S/C17H16BrNO.C10H12BrN.CH4/c1-12-9-15(18)10-14-11-19(8-7-16(12)14)17(20)13-5-3-2-4-6-13;1-7-4-9(11)5-8-6-12-3-2-10(7)8;/h2-6,9-10H,7-8,11H2,1H3;4-5,12H,2-3,6H2,1H3;1H4. The van der Waals surface area contributed by atoms with Crippen molar-refractivity contribution in [1.29, 1.82) is 0 Å². The van der Waals surface area contributed by atoms with Crippen LogP contribution >= 0.6 is 31.9 Å². The molecule has 2 aliphatic rings. The van der Waals surface area contributed by atoms with Gasteiger partial charge >= 0.3 is 0 Å². The van der Waals surface area contributed by atoms with Crippen molar-refractivity contribution in [3.05, 3.63) is 102 Å². The second kappa shape index (κ2) is 11.5. The van der Waals surface area contributed by atoms with Gasteiger partial charge in [0, 0.05) is 34.1 Å². The molecule has 174 valence electrons. The first kappa shape index (κ1) is 25.7. The Hall–Kier alpha value is -1.95. The number of halogens is 2. The van der Waals surface area contributed by atoms with Crippen molar-refractivity contribution < 1.29 is 4.79 Å². The Morgan fingerprint density at radius 1 is 0.879 bits per heavy atom. The fourth-order valence-electron chi connectivity index (χ4n) is 4.60. The Labute approximate surface area is 214 Å². The molecular weight excluding hydrogens is 540 g/mol. The number of amides is 1. The van der Waals surface area contributed by atoms with Crippen molar-refractivity contribution in [1.82, 2.24) is 10.2 Å². The van der Waals surface area contributed by atoms with Crippen molar-refractivity contribution in [2.24, 2.45) is 0 Å². The SMILES string of the molecule is C.Cc1cc(Br)cc2c1CCN(C(=O)c1ccccc1)C2.Cc1cc(Br)cc2c1CCNC2. The van der Waals surface area contributed by atoms with Crippen LogP contribution in [0.3, 0.4) is 0 Å². The van der Waals surface area contributed by atoms with Crippen LogP contribution in [-0.4, -0.2) is 23.9 Å². The quantitative estimate of drug-likeness (QED) is 0.341. The zero-order chi connectivity index (χ0) is 22.7. The first-order valence-electron chi connectivity index (χ1n) is 11.0. The first-order valence-corrected chi connectivity index (χ1v) is 12.6. The van der Waals surface area contributed by atoms with Gasteiger partial charge in [0.25, 0.3) is 5.91 Å². The number of benzene rings is 3. The molecule has 3 aromatic rings. The lowest BCUT2D eigenvalue weighted by Gasteiger charge is -2.30. The van der Waals surface area contributed by atoms with Gasteiger partial charge in [-0.05, 0) is 103 Å². The molecule has 3 aromatic carbocycles. The maximum Gasteiger partial charge on any atom is 0.254 e. The lowest BCUT2D eigenvalue weighted by atomic mass is 9.95. The number of carbonyl (C=O) groups excluding carboxylic acids is 1. The Kier molecular flexibility index (Phi) is 8.91. The average molecular weight is 572 g/mol. The summed E-state index contributed by atoms with van der Waals surface area (Å²) in [5, 5.41) is 3.37. The predicted molar refractivity (Wildman–Crippen MR) is 145 cm³/mol. The number of hydrogen-bond acceptors (Lipinski definition) is 2. The van der Waals surface area contributed by atoms with E-state index in [2.05, 4.69) is 75.3 Å². The van der Waals surface area contributed by atoms with Gasteiger partial charge in [-0.2, -0.15) is 0 Å². The molecule has 0 atom stereocenters. The van der Waals surface area contributed by atoms with Crippen LogP contribution in [0.5, 0.6) is 0 Å².